The van der Waals surface area contributed by atoms with Crippen molar-refractivity contribution in [2.45, 2.75) is 6.04 Å². The Kier molecular flexibility index (Phi) is 4.22. The SMILES string of the molecule is NC(COc1ccc2ncc(-c3cc4c(F)cccc4o3)n2n1)c1ccccc1. The van der Waals surface area contributed by atoms with Crippen molar-refractivity contribution < 1.29 is 13.5 Å². The van der Waals surface area contributed by atoms with Crippen molar-refractivity contribution in [2.75, 3.05) is 6.61 Å². The van der Waals surface area contributed by atoms with E-state index in [0.717, 1.165) is 5.56 Å². The summed E-state index contributed by atoms with van der Waals surface area (Å²) in [5.74, 6) is 0.548. The van der Waals surface area contributed by atoms with Crippen molar-refractivity contribution in [3.63, 3.8) is 0 Å². The second-order valence-corrected chi connectivity index (χ2v) is 6.68. The molecule has 0 radical (unpaired) electrons. The van der Waals surface area contributed by atoms with Gasteiger partial charge in [0.05, 0.1) is 17.6 Å². The number of imidazole rings is 1. The number of halogens is 1. The van der Waals surface area contributed by atoms with Gasteiger partial charge in [0.2, 0.25) is 5.88 Å². The van der Waals surface area contributed by atoms with Gasteiger partial charge in [-0.05, 0) is 29.8 Å². The molecule has 0 aliphatic heterocycles. The minimum absolute atomic E-state index is 0.269. The average Bonchev–Trinajstić information content (AvgIpc) is 3.37. The maximum atomic E-state index is 14.0. The molecule has 0 bridgehead atoms. The van der Waals surface area contributed by atoms with Crippen LogP contribution < -0.4 is 10.5 Å². The molecule has 0 aliphatic carbocycles. The molecule has 6 nitrogen and oxygen atoms in total. The normalized spacial score (nSPS) is 12.5. The third kappa shape index (κ3) is 3.21. The number of nitrogens with two attached hydrogens (primary N) is 1. The smallest absolute Gasteiger partial charge is 0.231 e. The highest BCUT2D eigenvalue weighted by atomic mass is 19.1. The van der Waals surface area contributed by atoms with Gasteiger partial charge in [-0.2, -0.15) is 0 Å². The molecule has 29 heavy (non-hydrogen) atoms. The summed E-state index contributed by atoms with van der Waals surface area (Å²) in [6, 6.07) is 19.4. The van der Waals surface area contributed by atoms with Crippen LogP contribution in [0.1, 0.15) is 11.6 Å². The standard InChI is InChI=1S/C22H17FN4O2/c23-16-7-4-8-19-15(16)11-20(29-19)18-12-25-21-9-10-22(26-27(18)21)28-13-17(24)14-5-2-1-3-6-14/h1-12,17H,13,24H2. The second-order valence-electron chi connectivity index (χ2n) is 6.68. The molecule has 3 heterocycles. The van der Waals surface area contributed by atoms with E-state index in [1.807, 2.05) is 30.3 Å². The van der Waals surface area contributed by atoms with Crippen LogP contribution in [0.4, 0.5) is 4.39 Å². The van der Waals surface area contributed by atoms with E-state index >= 15 is 0 Å². The number of rotatable bonds is 5. The van der Waals surface area contributed by atoms with Gasteiger partial charge in [0, 0.05) is 6.07 Å². The minimum atomic E-state index is -0.335. The van der Waals surface area contributed by atoms with Gasteiger partial charge in [0.15, 0.2) is 11.4 Å². The van der Waals surface area contributed by atoms with Crippen molar-refractivity contribution in [1.29, 1.82) is 0 Å². The quantitative estimate of drug-likeness (QED) is 0.484. The van der Waals surface area contributed by atoms with E-state index in [9.17, 15) is 4.39 Å². The fourth-order valence-corrected chi connectivity index (χ4v) is 3.22. The van der Waals surface area contributed by atoms with Crippen LogP contribution in [0.2, 0.25) is 0 Å². The molecule has 144 valence electrons. The molecule has 0 spiro atoms. The summed E-state index contributed by atoms with van der Waals surface area (Å²) in [4.78, 5) is 4.34. The van der Waals surface area contributed by atoms with Crippen molar-refractivity contribution in [3.8, 4) is 17.3 Å². The molecule has 2 aromatic carbocycles. The molecule has 7 heteroatoms. The zero-order valence-electron chi connectivity index (χ0n) is 15.3. The summed E-state index contributed by atoms with van der Waals surface area (Å²) < 4.78 is 27.2. The number of hydrogen-bond donors (Lipinski definition) is 1. The molecule has 0 fully saturated rings. The highest BCUT2D eigenvalue weighted by Crippen LogP contribution is 2.29. The van der Waals surface area contributed by atoms with Gasteiger partial charge in [-0.25, -0.2) is 13.9 Å². The van der Waals surface area contributed by atoms with Crippen LogP contribution in [0.15, 0.2) is 77.3 Å². The fraction of sp³-hybridized carbons (Fsp3) is 0.0909. The second kappa shape index (κ2) is 7.03. The third-order valence-electron chi connectivity index (χ3n) is 4.74. The highest BCUT2D eigenvalue weighted by molar-refractivity contribution is 5.83. The molecule has 0 saturated carbocycles. The van der Waals surface area contributed by atoms with E-state index < -0.39 is 0 Å². The maximum absolute atomic E-state index is 14.0. The van der Waals surface area contributed by atoms with Crippen LogP contribution in [0.5, 0.6) is 5.88 Å². The van der Waals surface area contributed by atoms with Gasteiger partial charge in [0.1, 0.15) is 23.7 Å². The lowest BCUT2D eigenvalue weighted by atomic mass is 10.1. The lowest BCUT2D eigenvalue weighted by Gasteiger charge is -2.13. The molecular formula is C22H17FN4O2. The summed E-state index contributed by atoms with van der Waals surface area (Å²) in [7, 11) is 0. The Morgan fingerprint density at radius 3 is 2.76 bits per heavy atom. The monoisotopic (exact) mass is 388 g/mol. The summed E-state index contributed by atoms with van der Waals surface area (Å²) in [6.45, 7) is 0.280. The number of furan rings is 1. The Morgan fingerprint density at radius 1 is 1.07 bits per heavy atom. The molecule has 2 N–H and O–H groups in total. The zero-order chi connectivity index (χ0) is 19.8. The van der Waals surface area contributed by atoms with Crippen LogP contribution >= 0.6 is 0 Å². The topological polar surface area (TPSA) is 78.6 Å². The number of nitrogens with zero attached hydrogens (tertiary/aromatic N) is 3. The predicted molar refractivity (Wildman–Crippen MR) is 107 cm³/mol. The van der Waals surface area contributed by atoms with Crippen molar-refractivity contribution >= 4 is 16.6 Å². The lowest BCUT2D eigenvalue weighted by molar-refractivity contribution is 0.276. The van der Waals surface area contributed by atoms with Gasteiger partial charge < -0.3 is 14.9 Å². The summed E-state index contributed by atoms with van der Waals surface area (Å²) >= 11 is 0. The Morgan fingerprint density at radius 2 is 1.93 bits per heavy atom. The van der Waals surface area contributed by atoms with Crippen molar-refractivity contribution in [2.24, 2.45) is 5.73 Å². The van der Waals surface area contributed by atoms with E-state index in [2.05, 4.69) is 10.1 Å². The molecule has 3 aromatic heterocycles. The Balaban J connectivity index is 1.45. The Hall–Kier alpha value is -3.71. The molecule has 1 atom stereocenters. The van der Waals surface area contributed by atoms with Crippen LogP contribution in [-0.2, 0) is 0 Å². The minimum Gasteiger partial charge on any atom is -0.475 e. The first kappa shape index (κ1) is 17.4. The van der Waals surface area contributed by atoms with Crippen LogP contribution in [0.25, 0.3) is 28.1 Å². The van der Waals surface area contributed by atoms with Gasteiger partial charge in [-0.1, -0.05) is 36.4 Å². The largest absolute Gasteiger partial charge is 0.475 e. The van der Waals surface area contributed by atoms with Gasteiger partial charge in [-0.15, -0.1) is 5.10 Å². The summed E-state index contributed by atoms with van der Waals surface area (Å²) in [5, 5.41) is 4.91. The van der Waals surface area contributed by atoms with Gasteiger partial charge in [-0.3, -0.25) is 0 Å². The molecule has 0 amide bonds. The van der Waals surface area contributed by atoms with E-state index in [1.165, 1.54) is 6.07 Å². The Labute approximate surface area is 165 Å². The fourth-order valence-electron chi connectivity index (χ4n) is 3.22. The van der Waals surface area contributed by atoms with Crippen LogP contribution in [0, 0.1) is 5.82 Å². The predicted octanol–water partition coefficient (Wildman–Crippen LogP) is 4.36. The molecule has 5 aromatic rings. The van der Waals surface area contributed by atoms with Gasteiger partial charge >= 0.3 is 0 Å². The van der Waals surface area contributed by atoms with E-state index in [4.69, 9.17) is 14.9 Å². The molecule has 0 aliphatic rings. The first-order chi connectivity index (χ1) is 14.2. The van der Waals surface area contributed by atoms with E-state index in [1.54, 1.807) is 41.0 Å². The Bertz CT molecular complexity index is 1300. The van der Waals surface area contributed by atoms with Crippen LogP contribution in [-0.4, -0.2) is 21.2 Å². The number of fused-ring (bicyclic) bond motifs is 2. The first-order valence-corrected chi connectivity index (χ1v) is 9.15. The van der Waals surface area contributed by atoms with Crippen molar-refractivity contribution in [1.82, 2.24) is 14.6 Å². The maximum Gasteiger partial charge on any atom is 0.231 e. The van der Waals surface area contributed by atoms with Crippen molar-refractivity contribution in [3.05, 3.63) is 84.3 Å². The average molecular weight is 388 g/mol. The summed E-state index contributed by atoms with van der Waals surface area (Å²) in [5.41, 5.74) is 8.88. The molecule has 0 saturated heterocycles. The third-order valence-corrected chi connectivity index (χ3v) is 4.74. The molecule has 5 rings (SSSR count). The first-order valence-electron chi connectivity index (χ1n) is 9.15. The number of hydrogen-bond acceptors (Lipinski definition) is 5. The zero-order valence-corrected chi connectivity index (χ0v) is 15.3. The molecule has 1 unspecified atom stereocenters. The number of aromatic nitrogens is 3. The van der Waals surface area contributed by atoms with E-state index in [0.29, 0.717) is 34.0 Å². The summed E-state index contributed by atoms with van der Waals surface area (Å²) in [6.07, 6.45) is 1.64. The molecular weight excluding hydrogens is 371 g/mol. The number of benzene rings is 2. The van der Waals surface area contributed by atoms with Crippen LogP contribution in [0.3, 0.4) is 0 Å². The number of ether oxygens (including phenoxy) is 1. The van der Waals surface area contributed by atoms with Gasteiger partial charge in [0.25, 0.3) is 0 Å². The lowest BCUT2D eigenvalue weighted by Crippen LogP contribution is -2.19. The van der Waals surface area contributed by atoms with E-state index in [-0.39, 0.29) is 18.5 Å². The highest BCUT2D eigenvalue weighted by Gasteiger charge is 2.15.